The van der Waals surface area contributed by atoms with E-state index in [1.54, 1.807) is 4.68 Å². The number of hydrogen-bond donors (Lipinski definition) is 0. The van der Waals surface area contributed by atoms with E-state index in [2.05, 4.69) is 26.0 Å². The van der Waals surface area contributed by atoms with Gasteiger partial charge < -0.3 is 0 Å². The molecule has 0 radical (unpaired) electrons. The van der Waals surface area contributed by atoms with Crippen molar-refractivity contribution >= 4 is 15.9 Å². The summed E-state index contributed by atoms with van der Waals surface area (Å²) in [6, 6.07) is 2.85. The molecule has 2 aromatic heterocycles. The molecule has 1 spiro atoms. The summed E-state index contributed by atoms with van der Waals surface area (Å²) in [7, 11) is 0. The summed E-state index contributed by atoms with van der Waals surface area (Å²) in [6.45, 7) is 0.231. The van der Waals surface area contributed by atoms with Crippen LogP contribution < -0.4 is 0 Å². The van der Waals surface area contributed by atoms with E-state index in [9.17, 15) is 13.2 Å². The fourth-order valence-corrected chi connectivity index (χ4v) is 3.76. The van der Waals surface area contributed by atoms with E-state index in [4.69, 9.17) is 0 Å². The third kappa shape index (κ3) is 1.86. The lowest BCUT2D eigenvalue weighted by molar-refractivity contribution is 0.0461. The van der Waals surface area contributed by atoms with Gasteiger partial charge in [0.2, 0.25) is 0 Å². The summed E-state index contributed by atoms with van der Waals surface area (Å²) < 4.78 is 42.4. The van der Waals surface area contributed by atoms with Crippen molar-refractivity contribution in [3.8, 4) is 11.4 Å². The molecule has 0 bridgehead atoms. The zero-order valence-corrected chi connectivity index (χ0v) is 12.5. The highest BCUT2D eigenvalue weighted by molar-refractivity contribution is 9.10. The first-order valence-corrected chi connectivity index (χ1v) is 7.46. The third-order valence-corrected chi connectivity index (χ3v) is 5.30. The Hall–Kier alpha value is -1.37. The molecular weight excluding hydrogens is 347 g/mol. The number of pyridine rings is 1. The van der Waals surface area contributed by atoms with Crippen LogP contribution in [0, 0.1) is 11.2 Å². The summed E-state index contributed by atoms with van der Waals surface area (Å²) in [5.74, 6) is -2.99. The van der Waals surface area contributed by atoms with Gasteiger partial charge in [-0.15, -0.1) is 0 Å². The number of hydrogen-bond acceptors (Lipinski definition) is 2. The average molecular weight is 358 g/mol. The van der Waals surface area contributed by atoms with Crippen LogP contribution in [-0.2, 0) is 13.0 Å². The summed E-state index contributed by atoms with van der Waals surface area (Å²) in [5.41, 5.74) is 1.09. The fraction of sp³-hybridized carbons (Fsp3) is 0.429. The maximum atomic E-state index is 13.5. The number of aromatic nitrogens is 3. The van der Waals surface area contributed by atoms with E-state index in [0.29, 0.717) is 24.2 Å². The van der Waals surface area contributed by atoms with Gasteiger partial charge in [-0.1, -0.05) is 0 Å². The molecule has 4 rings (SSSR count). The van der Waals surface area contributed by atoms with E-state index in [-0.39, 0.29) is 13.0 Å². The molecule has 1 saturated carbocycles. The average Bonchev–Trinajstić information content (AvgIpc) is 2.80. The highest BCUT2D eigenvalue weighted by atomic mass is 79.9. The van der Waals surface area contributed by atoms with E-state index in [0.717, 1.165) is 16.4 Å². The Bertz CT molecular complexity index is 726. The Kier molecular flexibility index (Phi) is 2.59. The molecule has 1 atom stereocenters. The van der Waals surface area contributed by atoms with Crippen molar-refractivity contribution in [2.24, 2.45) is 5.41 Å². The van der Waals surface area contributed by atoms with Crippen LogP contribution in [-0.4, -0.2) is 20.7 Å². The molecule has 1 aliphatic heterocycles. The molecule has 1 aliphatic carbocycles. The minimum atomic E-state index is -2.57. The quantitative estimate of drug-likeness (QED) is 0.776. The second-order valence-electron chi connectivity index (χ2n) is 5.79. The van der Waals surface area contributed by atoms with Crippen molar-refractivity contribution in [1.82, 2.24) is 14.8 Å². The van der Waals surface area contributed by atoms with Gasteiger partial charge in [0.05, 0.1) is 34.0 Å². The molecule has 3 heterocycles. The van der Waals surface area contributed by atoms with Crippen molar-refractivity contribution in [3.63, 3.8) is 0 Å². The third-order valence-electron chi connectivity index (χ3n) is 4.47. The van der Waals surface area contributed by atoms with Crippen LogP contribution >= 0.6 is 15.9 Å². The molecule has 7 heteroatoms. The molecule has 110 valence electrons. The minimum absolute atomic E-state index is 0.0545. The molecule has 2 aliphatic rings. The SMILES string of the molecule is Fc1ccc(-c2nn3c(c2Br)CCC2(C3)CC2(F)F)nc1. The molecule has 3 nitrogen and oxygen atoms in total. The Morgan fingerprint density at radius 3 is 2.67 bits per heavy atom. The standard InChI is InChI=1S/C14H11BrF3N3/c15-11-10-3-4-13(6-14(13,17)18)7-21(10)20-12(11)9-2-1-8(16)5-19-9/h1-2,5H,3-4,6-7H2. The van der Waals surface area contributed by atoms with Crippen LogP contribution in [0.25, 0.3) is 11.4 Å². The zero-order chi connectivity index (χ0) is 14.8. The van der Waals surface area contributed by atoms with E-state index in [1.807, 2.05) is 0 Å². The molecular formula is C14H11BrF3N3. The summed E-state index contributed by atoms with van der Waals surface area (Å²) in [5, 5.41) is 4.40. The van der Waals surface area contributed by atoms with Gasteiger partial charge in [0.25, 0.3) is 5.92 Å². The highest BCUT2D eigenvalue weighted by Gasteiger charge is 2.71. The second-order valence-corrected chi connectivity index (χ2v) is 6.58. The van der Waals surface area contributed by atoms with Crippen LogP contribution in [0.3, 0.4) is 0 Å². The number of halogens is 4. The highest BCUT2D eigenvalue weighted by Crippen LogP contribution is 2.65. The van der Waals surface area contributed by atoms with Gasteiger partial charge in [0, 0.05) is 6.42 Å². The summed E-state index contributed by atoms with van der Waals surface area (Å²) in [6.07, 6.45) is 2.10. The first kappa shape index (κ1) is 13.3. The van der Waals surface area contributed by atoms with Gasteiger partial charge in [-0.05, 0) is 40.9 Å². The van der Waals surface area contributed by atoms with Gasteiger partial charge in [0.1, 0.15) is 11.5 Å². The van der Waals surface area contributed by atoms with E-state index in [1.165, 1.54) is 12.1 Å². The Morgan fingerprint density at radius 2 is 2.05 bits per heavy atom. The van der Waals surface area contributed by atoms with Crippen LogP contribution in [0.1, 0.15) is 18.5 Å². The van der Waals surface area contributed by atoms with Crippen LogP contribution in [0.15, 0.2) is 22.8 Å². The molecule has 1 unspecified atom stereocenters. The molecule has 0 amide bonds. The largest absolute Gasteiger partial charge is 0.267 e. The van der Waals surface area contributed by atoms with Crippen molar-refractivity contribution in [1.29, 1.82) is 0 Å². The first-order chi connectivity index (χ1) is 9.92. The smallest absolute Gasteiger partial charge is 0.256 e. The monoisotopic (exact) mass is 357 g/mol. The Morgan fingerprint density at radius 1 is 1.29 bits per heavy atom. The van der Waals surface area contributed by atoms with Crippen molar-refractivity contribution < 1.29 is 13.2 Å². The second kappa shape index (κ2) is 4.09. The van der Waals surface area contributed by atoms with Gasteiger partial charge in [0.15, 0.2) is 0 Å². The van der Waals surface area contributed by atoms with Crippen molar-refractivity contribution in [3.05, 3.63) is 34.3 Å². The lowest BCUT2D eigenvalue weighted by Crippen LogP contribution is -2.26. The predicted molar refractivity (Wildman–Crippen MR) is 73.4 cm³/mol. The summed E-state index contributed by atoms with van der Waals surface area (Å²) in [4.78, 5) is 4.00. The number of fused-ring (bicyclic) bond motifs is 1. The maximum absolute atomic E-state index is 13.5. The van der Waals surface area contributed by atoms with Gasteiger partial charge in [-0.2, -0.15) is 5.10 Å². The Balaban J connectivity index is 1.74. The van der Waals surface area contributed by atoms with Gasteiger partial charge in [-0.3, -0.25) is 9.67 Å². The fourth-order valence-electron chi connectivity index (χ4n) is 3.07. The topological polar surface area (TPSA) is 30.7 Å². The lowest BCUT2D eigenvalue weighted by Gasteiger charge is -2.23. The minimum Gasteiger partial charge on any atom is -0.267 e. The molecule has 21 heavy (non-hydrogen) atoms. The molecule has 0 aromatic carbocycles. The predicted octanol–water partition coefficient (Wildman–Crippen LogP) is 3.82. The number of alkyl halides is 2. The van der Waals surface area contributed by atoms with E-state index < -0.39 is 17.2 Å². The molecule has 1 fully saturated rings. The number of nitrogens with zero attached hydrogens (tertiary/aromatic N) is 3. The Labute approximate surface area is 127 Å². The molecule has 0 saturated heterocycles. The van der Waals surface area contributed by atoms with E-state index >= 15 is 0 Å². The first-order valence-electron chi connectivity index (χ1n) is 6.67. The number of rotatable bonds is 1. The van der Waals surface area contributed by atoms with Crippen LogP contribution in [0.2, 0.25) is 0 Å². The van der Waals surface area contributed by atoms with Crippen LogP contribution in [0.5, 0.6) is 0 Å². The molecule has 2 aromatic rings. The van der Waals surface area contributed by atoms with Gasteiger partial charge >= 0.3 is 0 Å². The maximum Gasteiger partial charge on any atom is 0.256 e. The van der Waals surface area contributed by atoms with Gasteiger partial charge in [-0.25, -0.2) is 13.2 Å². The zero-order valence-electron chi connectivity index (χ0n) is 10.9. The normalized spacial score (nSPS) is 25.9. The lowest BCUT2D eigenvalue weighted by atomic mass is 9.94. The molecule has 0 N–H and O–H groups in total. The van der Waals surface area contributed by atoms with Crippen molar-refractivity contribution in [2.75, 3.05) is 0 Å². The van der Waals surface area contributed by atoms with Crippen LogP contribution in [0.4, 0.5) is 13.2 Å². The summed E-state index contributed by atoms with van der Waals surface area (Å²) >= 11 is 3.47. The van der Waals surface area contributed by atoms with Crippen molar-refractivity contribution in [2.45, 2.75) is 31.7 Å².